The molecule has 25 heavy (non-hydrogen) atoms. The van der Waals surface area contributed by atoms with Gasteiger partial charge < -0.3 is 4.74 Å². The van der Waals surface area contributed by atoms with Crippen LogP contribution in [0.3, 0.4) is 0 Å². The third-order valence-electron chi connectivity index (χ3n) is 3.39. The van der Waals surface area contributed by atoms with E-state index in [1.165, 1.54) is 31.2 Å². The summed E-state index contributed by atoms with van der Waals surface area (Å²) in [4.78, 5) is 24.5. The molecular weight excluding hydrogens is 342 g/mol. The lowest BCUT2D eigenvalue weighted by molar-refractivity contribution is 0.0319. The second-order valence-electron chi connectivity index (χ2n) is 5.73. The van der Waals surface area contributed by atoms with Crippen molar-refractivity contribution >= 4 is 27.5 Å². The van der Waals surface area contributed by atoms with E-state index in [4.69, 9.17) is 4.74 Å². The number of carbonyl (C=O) groups excluding carboxylic acids is 2. The normalized spacial score (nSPS) is 12.3. The maximum absolute atomic E-state index is 12.3. The SMILES string of the molecule is Cc1ccc(C(=O)[C@@H](C)OC(=O)c2cccc(NS(C)(=O)=O)c2)cc1. The van der Waals surface area contributed by atoms with Crippen molar-refractivity contribution in [2.24, 2.45) is 0 Å². The van der Waals surface area contributed by atoms with E-state index in [0.29, 0.717) is 5.56 Å². The highest BCUT2D eigenvalue weighted by molar-refractivity contribution is 7.92. The van der Waals surface area contributed by atoms with Gasteiger partial charge in [-0.2, -0.15) is 0 Å². The molecule has 2 aromatic carbocycles. The Balaban J connectivity index is 2.09. The molecule has 0 bridgehead atoms. The van der Waals surface area contributed by atoms with Gasteiger partial charge in [0.2, 0.25) is 15.8 Å². The summed E-state index contributed by atoms with van der Waals surface area (Å²) in [5.74, 6) is -1.01. The first-order valence-corrected chi connectivity index (χ1v) is 9.44. The standard InChI is InChI=1S/C18H19NO5S/c1-12-7-9-14(10-8-12)17(20)13(2)24-18(21)15-5-4-6-16(11-15)19-25(3,22)23/h4-11,13,19H,1-3H3/t13-/m1/s1. The van der Waals surface area contributed by atoms with Crippen molar-refractivity contribution in [2.75, 3.05) is 11.0 Å². The van der Waals surface area contributed by atoms with Crippen LogP contribution in [-0.4, -0.2) is 32.5 Å². The molecule has 0 saturated carbocycles. The number of sulfonamides is 1. The quantitative estimate of drug-likeness (QED) is 0.631. The number of aryl methyl sites for hydroxylation is 1. The number of anilines is 1. The zero-order chi connectivity index (χ0) is 18.6. The molecule has 132 valence electrons. The minimum Gasteiger partial charge on any atom is -0.451 e. The van der Waals surface area contributed by atoms with E-state index in [9.17, 15) is 18.0 Å². The summed E-state index contributed by atoms with van der Waals surface area (Å²) in [5.41, 5.74) is 1.88. The maximum Gasteiger partial charge on any atom is 0.338 e. The van der Waals surface area contributed by atoms with Gasteiger partial charge in [-0.3, -0.25) is 9.52 Å². The Bertz CT molecular complexity index is 888. The van der Waals surface area contributed by atoms with Gasteiger partial charge in [-0.25, -0.2) is 13.2 Å². The number of rotatable bonds is 6. The number of benzene rings is 2. The lowest BCUT2D eigenvalue weighted by Gasteiger charge is -2.13. The van der Waals surface area contributed by atoms with Gasteiger partial charge in [0.05, 0.1) is 11.8 Å². The van der Waals surface area contributed by atoms with Crippen molar-refractivity contribution in [2.45, 2.75) is 20.0 Å². The highest BCUT2D eigenvalue weighted by Gasteiger charge is 2.20. The molecule has 0 fully saturated rings. The fourth-order valence-electron chi connectivity index (χ4n) is 2.16. The van der Waals surface area contributed by atoms with Crippen LogP contribution in [0.2, 0.25) is 0 Å². The average Bonchev–Trinajstić information content (AvgIpc) is 2.53. The number of esters is 1. The van der Waals surface area contributed by atoms with Crippen molar-refractivity contribution in [3.63, 3.8) is 0 Å². The van der Waals surface area contributed by atoms with Crippen LogP contribution in [0.25, 0.3) is 0 Å². The van der Waals surface area contributed by atoms with Gasteiger partial charge in [-0.1, -0.05) is 35.9 Å². The lowest BCUT2D eigenvalue weighted by Crippen LogP contribution is -2.24. The smallest absolute Gasteiger partial charge is 0.338 e. The van der Waals surface area contributed by atoms with E-state index in [1.807, 2.05) is 19.1 Å². The van der Waals surface area contributed by atoms with E-state index in [-0.39, 0.29) is 17.0 Å². The first-order valence-electron chi connectivity index (χ1n) is 7.55. The van der Waals surface area contributed by atoms with Gasteiger partial charge in [-0.15, -0.1) is 0 Å². The van der Waals surface area contributed by atoms with E-state index in [0.717, 1.165) is 11.8 Å². The molecule has 0 saturated heterocycles. The predicted octanol–water partition coefficient (Wildman–Crippen LogP) is 2.79. The van der Waals surface area contributed by atoms with E-state index < -0.39 is 22.1 Å². The predicted molar refractivity (Wildman–Crippen MR) is 95.3 cm³/mol. The fourth-order valence-corrected chi connectivity index (χ4v) is 2.71. The molecule has 0 aliphatic rings. The molecule has 0 unspecified atom stereocenters. The molecule has 6 nitrogen and oxygen atoms in total. The van der Waals surface area contributed by atoms with Crippen LogP contribution in [-0.2, 0) is 14.8 Å². The summed E-state index contributed by atoms with van der Waals surface area (Å²) >= 11 is 0. The Morgan fingerprint density at radius 2 is 1.68 bits per heavy atom. The monoisotopic (exact) mass is 361 g/mol. The van der Waals surface area contributed by atoms with Crippen LogP contribution in [0.1, 0.15) is 33.2 Å². The Labute approximate surface area is 146 Å². The van der Waals surface area contributed by atoms with Gasteiger partial charge in [0.25, 0.3) is 0 Å². The molecule has 2 aromatic rings. The van der Waals surface area contributed by atoms with Gasteiger partial charge in [0.15, 0.2) is 6.10 Å². The molecule has 0 aromatic heterocycles. The van der Waals surface area contributed by atoms with Crippen molar-refractivity contribution in [1.29, 1.82) is 0 Å². The van der Waals surface area contributed by atoms with Crippen LogP contribution in [0.15, 0.2) is 48.5 Å². The topological polar surface area (TPSA) is 89.5 Å². The van der Waals surface area contributed by atoms with Crippen LogP contribution in [0.5, 0.6) is 0 Å². The zero-order valence-corrected chi connectivity index (χ0v) is 15.0. The molecule has 0 spiro atoms. The van der Waals surface area contributed by atoms with Crippen molar-refractivity contribution in [1.82, 2.24) is 0 Å². The zero-order valence-electron chi connectivity index (χ0n) is 14.1. The Hall–Kier alpha value is -2.67. The summed E-state index contributed by atoms with van der Waals surface area (Å²) < 4.78 is 30.0. The molecule has 1 atom stereocenters. The van der Waals surface area contributed by atoms with Gasteiger partial charge in [0.1, 0.15) is 0 Å². The number of ketones is 1. The van der Waals surface area contributed by atoms with Crippen molar-refractivity contribution in [3.05, 3.63) is 65.2 Å². The van der Waals surface area contributed by atoms with Crippen LogP contribution in [0.4, 0.5) is 5.69 Å². The summed E-state index contributed by atoms with van der Waals surface area (Å²) in [6, 6.07) is 12.8. The fraction of sp³-hybridized carbons (Fsp3) is 0.222. The molecule has 2 rings (SSSR count). The van der Waals surface area contributed by atoms with E-state index in [2.05, 4.69) is 4.72 Å². The Morgan fingerprint density at radius 3 is 2.28 bits per heavy atom. The largest absolute Gasteiger partial charge is 0.451 e. The molecular formula is C18H19NO5S. The highest BCUT2D eigenvalue weighted by atomic mass is 32.2. The molecule has 0 amide bonds. The number of ether oxygens (including phenoxy) is 1. The summed E-state index contributed by atoms with van der Waals surface area (Å²) in [7, 11) is -3.45. The summed E-state index contributed by atoms with van der Waals surface area (Å²) in [6.45, 7) is 3.41. The molecule has 0 heterocycles. The minimum atomic E-state index is -3.45. The van der Waals surface area contributed by atoms with E-state index >= 15 is 0 Å². The molecule has 1 N–H and O–H groups in total. The minimum absolute atomic E-state index is 0.150. The third kappa shape index (κ3) is 5.42. The van der Waals surface area contributed by atoms with Crippen LogP contribution < -0.4 is 4.72 Å². The van der Waals surface area contributed by atoms with Gasteiger partial charge in [0, 0.05) is 11.3 Å². The number of hydrogen-bond donors (Lipinski definition) is 1. The lowest BCUT2D eigenvalue weighted by atomic mass is 10.1. The molecule has 7 heteroatoms. The number of hydrogen-bond acceptors (Lipinski definition) is 5. The van der Waals surface area contributed by atoms with Crippen LogP contribution >= 0.6 is 0 Å². The van der Waals surface area contributed by atoms with Gasteiger partial charge in [-0.05, 0) is 32.0 Å². The Kier molecular flexibility index (Phi) is 5.58. The molecule has 0 radical (unpaired) electrons. The first kappa shape index (κ1) is 18.7. The number of Topliss-reactive ketones (excluding diaryl/α,β-unsaturated/α-hetero) is 1. The second kappa shape index (κ2) is 7.48. The number of nitrogens with one attached hydrogen (secondary N) is 1. The molecule has 0 aliphatic heterocycles. The highest BCUT2D eigenvalue weighted by Crippen LogP contribution is 2.15. The second-order valence-corrected chi connectivity index (χ2v) is 7.48. The number of carbonyl (C=O) groups is 2. The average molecular weight is 361 g/mol. The molecule has 0 aliphatic carbocycles. The van der Waals surface area contributed by atoms with Crippen molar-refractivity contribution in [3.8, 4) is 0 Å². The maximum atomic E-state index is 12.3. The van der Waals surface area contributed by atoms with Crippen LogP contribution in [0, 0.1) is 6.92 Å². The summed E-state index contributed by atoms with van der Waals surface area (Å²) in [6.07, 6.45) is 0.0575. The van der Waals surface area contributed by atoms with Crippen molar-refractivity contribution < 1.29 is 22.7 Å². The first-order chi connectivity index (χ1) is 11.7. The van der Waals surface area contributed by atoms with Gasteiger partial charge >= 0.3 is 5.97 Å². The third-order valence-corrected chi connectivity index (χ3v) is 4.00. The van der Waals surface area contributed by atoms with E-state index in [1.54, 1.807) is 12.1 Å². The Morgan fingerprint density at radius 1 is 1.04 bits per heavy atom. The summed E-state index contributed by atoms with van der Waals surface area (Å²) in [5, 5.41) is 0.